The van der Waals surface area contributed by atoms with E-state index in [1.807, 2.05) is 6.07 Å². The minimum atomic E-state index is -0.384. The maximum atomic E-state index is 10.9. The number of anilines is 1. The molecule has 5 rings (SSSR count). The highest BCUT2D eigenvalue weighted by molar-refractivity contribution is 8.00. The number of morpholine rings is 1. The smallest absolute Gasteiger partial charge is 0.269 e. The average molecular weight is 426 g/mol. The fraction of sp³-hybridized carbons (Fsp3) is 0.333. The van der Waals surface area contributed by atoms with Gasteiger partial charge in [0.25, 0.3) is 5.69 Å². The number of nitro benzene ring substituents is 1. The molecule has 0 aromatic heterocycles. The standard InChI is InChI=1S/C21H22N4O4S/c26-25(27)16-3-1-15(2-4-16)18-14-24-19-6-5-17(13-20(19)30-21(24)22-18)29-12-9-23-7-10-28-11-8-23/h1-6,13-14,21-22H,7-12H2. The molecule has 156 valence electrons. The van der Waals surface area contributed by atoms with E-state index in [1.165, 1.54) is 17.0 Å². The number of non-ortho nitro benzene ring substituents is 1. The Morgan fingerprint density at radius 1 is 1.20 bits per heavy atom. The third kappa shape index (κ3) is 3.83. The summed E-state index contributed by atoms with van der Waals surface area (Å²) in [7, 11) is 0. The number of thioether (sulfide) groups is 1. The SMILES string of the molecule is O=[N+]([O-])c1ccc(C2=CN3c4ccc(OCCN5CCOCC5)cc4SC3N2)cc1. The fourth-order valence-electron chi connectivity index (χ4n) is 3.78. The predicted molar refractivity (Wildman–Crippen MR) is 116 cm³/mol. The molecule has 0 bridgehead atoms. The lowest BCUT2D eigenvalue weighted by atomic mass is 10.1. The number of ether oxygens (including phenoxy) is 2. The number of rotatable bonds is 6. The molecule has 2 aromatic rings. The van der Waals surface area contributed by atoms with Gasteiger partial charge in [-0.05, 0) is 35.9 Å². The molecule has 30 heavy (non-hydrogen) atoms. The second-order valence-corrected chi connectivity index (χ2v) is 8.42. The molecule has 0 aliphatic carbocycles. The van der Waals surface area contributed by atoms with Crippen LogP contribution in [0.5, 0.6) is 5.75 Å². The first-order valence-corrected chi connectivity index (χ1v) is 10.8. The highest BCUT2D eigenvalue weighted by Crippen LogP contribution is 2.47. The van der Waals surface area contributed by atoms with Gasteiger partial charge in [-0.2, -0.15) is 0 Å². The summed E-state index contributed by atoms with van der Waals surface area (Å²) in [4.78, 5) is 16.2. The molecule has 3 aliphatic heterocycles. The number of hydrogen-bond acceptors (Lipinski definition) is 8. The van der Waals surface area contributed by atoms with Crippen molar-refractivity contribution in [3.05, 3.63) is 64.3 Å². The van der Waals surface area contributed by atoms with Crippen molar-refractivity contribution in [1.29, 1.82) is 0 Å². The molecule has 1 N–H and O–H groups in total. The van der Waals surface area contributed by atoms with Gasteiger partial charge in [0.1, 0.15) is 12.4 Å². The van der Waals surface area contributed by atoms with Gasteiger partial charge in [0.05, 0.1) is 29.5 Å². The van der Waals surface area contributed by atoms with Gasteiger partial charge in [-0.25, -0.2) is 0 Å². The van der Waals surface area contributed by atoms with Crippen LogP contribution in [0.4, 0.5) is 11.4 Å². The predicted octanol–water partition coefficient (Wildman–Crippen LogP) is 3.10. The molecular weight excluding hydrogens is 404 g/mol. The van der Waals surface area contributed by atoms with E-state index in [-0.39, 0.29) is 16.1 Å². The van der Waals surface area contributed by atoms with Crippen molar-refractivity contribution in [3.8, 4) is 5.75 Å². The first kappa shape index (κ1) is 19.2. The Kier molecular flexibility index (Phi) is 5.24. The van der Waals surface area contributed by atoms with Crippen LogP contribution in [0, 0.1) is 10.1 Å². The molecule has 2 aromatic carbocycles. The summed E-state index contributed by atoms with van der Waals surface area (Å²) in [6, 6.07) is 12.8. The molecule has 3 aliphatic rings. The van der Waals surface area contributed by atoms with Crippen molar-refractivity contribution < 1.29 is 14.4 Å². The quantitative estimate of drug-likeness (QED) is 0.558. The minimum Gasteiger partial charge on any atom is -0.492 e. The minimum absolute atomic E-state index is 0.0776. The van der Waals surface area contributed by atoms with E-state index in [4.69, 9.17) is 9.47 Å². The molecule has 1 saturated heterocycles. The lowest BCUT2D eigenvalue weighted by Gasteiger charge is -2.26. The first-order valence-electron chi connectivity index (χ1n) is 9.92. The van der Waals surface area contributed by atoms with Crippen LogP contribution in [0.2, 0.25) is 0 Å². The Morgan fingerprint density at radius 3 is 2.77 bits per heavy atom. The Hall–Kier alpha value is -2.75. The van der Waals surface area contributed by atoms with Gasteiger partial charge in [-0.1, -0.05) is 11.8 Å². The number of fused-ring (bicyclic) bond motifs is 3. The van der Waals surface area contributed by atoms with E-state index in [1.54, 1.807) is 23.9 Å². The molecular formula is C21H22N4O4S. The summed E-state index contributed by atoms with van der Waals surface area (Å²) in [5, 5.41) is 14.3. The number of nitro groups is 1. The summed E-state index contributed by atoms with van der Waals surface area (Å²) >= 11 is 1.74. The summed E-state index contributed by atoms with van der Waals surface area (Å²) in [5.41, 5.74) is 3.20. The zero-order chi connectivity index (χ0) is 20.5. The lowest BCUT2D eigenvalue weighted by Crippen LogP contribution is -2.38. The molecule has 8 nitrogen and oxygen atoms in total. The third-order valence-electron chi connectivity index (χ3n) is 5.42. The van der Waals surface area contributed by atoms with Crippen LogP contribution >= 0.6 is 11.8 Å². The Labute approximate surface area is 178 Å². The van der Waals surface area contributed by atoms with Crippen LogP contribution in [-0.4, -0.2) is 54.8 Å². The molecule has 0 spiro atoms. The Balaban J connectivity index is 1.23. The van der Waals surface area contributed by atoms with Crippen molar-refractivity contribution in [3.63, 3.8) is 0 Å². The van der Waals surface area contributed by atoms with Gasteiger partial charge in [-0.15, -0.1) is 0 Å². The molecule has 0 radical (unpaired) electrons. The summed E-state index contributed by atoms with van der Waals surface area (Å²) in [6.07, 6.45) is 2.06. The van der Waals surface area contributed by atoms with Crippen molar-refractivity contribution >= 4 is 28.8 Å². The number of nitrogens with one attached hydrogen (secondary N) is 1. The number of nitrogens with zero attached hydrogens (tertiary/aromatic N) is 3. The van der Waals surface area contributed by atoms with Gasteiger partial charge >= 0.3 is 0 Å². The molecule has 3 heterocycles. The lowest BCUT2D eigenvalue weighted by molar-refractivity contribution is -0.384. The normalized spacial score (nSPS) is 20.3. The van der Waals surface area contributed by atoms with Crippen LogP contribution in [0.3, 0.4) is 0 Å². The molecule has 1 unspecified atom stereocenters. The van der Waals surface area contributed by atoms with E-state index in [0.717, 1.165) is 55.5 Å². The van der Waals surface area contributed by atoms with E-state index in [0.29, 0.717) is 6.61 Å². The Bertz CT molecular complexity index is 975. The van der Waals surface area contributed by atoms with Gasteiger partial charge in [-0.3, -0.25) is 15.0 Å². The first-order chi connectivity index (χ1) is 14.7. The van der Waals surface area contributed by atoms with Crippen LogP contribution < -0.4 is 15.0 Å². The highest BCUT2D eigenvalue weighted by atomic mass is 32.2. The van der Waals surface area contributed by atoms with Crippen LogP contribution in [0.15, 0.2) is 53.6 Å². The fourth-order valence-corrected chi connectivity index (χ4v) is 4.97. The second-order valence-electron chi connectivity index (χ2n) is 7.30. The topological polar surface area (TPSA) is 80.1 Å². The van der Waals surface area contributed by atoms with Gasteiger partial charge in [0.15, 0.2) is 5.50 Å². The van der Waals surface area contributed by atoms with Crippen molar-refractivity contribution in [2.24, 2.45) is 0 Å². The monoisotopic (exact) mass is 426 g/mol. The zero-order valence-electron chi connectivity index (χ0n) is 16.3. The largest absolute Gasteiger partial charge is 0.492 e. The van der Waals surface area contributed by atoms with Gasteiger partial charge in [0.2, 0.25) is 0 Å². The number of benzene rings is 2. The molecule has 9 heteroatoms. The number of hydrogen-bond donors (Lipinski definition) is 1. The van der Waals surface area contributed by atoms with Crippen molar-refractivity contribution in [2.45, 2.75) is 10.4 Å². The van der Waals surface area contributed by atoms with Crippen LogP contribution in [-0.2, 0) is 4.74 Å². The molecule has 0 amide bonds. The maximum Gasteiger partial charge on any atom is 0.269 e. The van der Waals surface area contributed by atoms with Gasteiger partial charge < -0.3 is 19.7 Å². The molecule has 1 fully saturated rings. The van der Waals surface area contributed by atoms with E-state index in [2.05, 4.69) is 33.4 Å². The summed E-state index contributed by atoms with van der Waals surface area (Å²) < 4.78 is 11.3. The summed E-state index contributed by atoms with van der Waals surface area (Å²) in [5.74, 6) is 0.884. The van der Waals surface area contributed by atoms with Crippen molar-refractivity contribution in [1.82, 2.24) is 10.2 Å². The maximum absolute atomic E-state index is 10.9. The Morgan fingerprint density at radius 2 is 2.00 bits per heavy atom. The third-order valence-corrected chi connectivity index (χ3v) is 6.57. The van der Waals surface area contributed by atoms with E-state index >= 15 is 0 Å². The molecule has 1 atom stereocenters. The highest BCUT2D eigenvalue weighted by Gasteiger charge is 2.34. The van der Waals surface area contributed by atoms with Gasteiger partial charge in [0, 0.05) is 42.9 Å². The van der Waals surface area contributed by atoms with Crippen LogP contribution in [0.1, 0.15) is 5.56 Å². The van der Waals surface area contributed by atoms with E-state index in [9.17, 15) is 10.1 Å². The van der Waals surface area contributed by atoms with Crippen LogP contribution in [0.25, 0.3) is 5.70 Å². The zero-order valence-corrected chi connectivity index (χ0v) is 17.1. The summed E-state index contributed by atoms with van der Waals surface area (Å²) in [6.45, 7) is 5.11. The second kappa shape index (κ2) is 8.17. The van der Waals surface area contributed by atoms with Crippen molar-refractivity contribution in [2.75, 3.05) is 44.4 Å². The molecule has 0 saturated carbocycles. The average Bonchev–Trinajstić information content (AvgIpc) is 3.32. The van der Waals surface area contributed by atoms with E-state index < -0.39 is 0 Å².